The number of aromatic nitrogens is 2. The van der Waals surface area contributed by atoms with E-state index in [2.05, 4.69) is 15.3 Å². The van der Waals surface area contributed by atoms with Crippen molar-refractivity contribution in [3.8, 4) is 0 Å². The Morgan fingerprint density at radius 2 is 1.88 bits per heavy atom. The molecule has 0 atom stereocenters. The summed E-state index contributed by atoms with van der Waals surface area (Å²) in [5.74, 6) is -0.635. The predicted molar refractivity (Wildman–Crippen MR) is 66.7 cm³/mol. The number of halogens is 4. The van der Waals surface area contributed by atoms with Gasteiger partial charge in [-0.3, -0.25) is 0 Å². The molecule has 0 bridgehead atoms. The van der Waals surface area contributed by atoms with Crippen LogP contribution in [0.15, 0.2) is 24.4 Å². The number of benzene rings is 1. The molecular weight excluding hydrogens is 287 g/mol. The topological polar surface area (TPSA) is 37.8 Å². The van der Waals surface area contributed by atoms with E-state index in [1.807, 2.05) is 0 Å². The number of rotatable bonds is 2. The van der Waals surface area contributed by atoms with Crippen LogP contribution in [0.4, 0.5) is 15.9 Å². The second kappa shape index (κ2) is 5.04. The smallest absolute Gasteiger partial charge is 0.224 e. The number of nitrogens with one attached hydrogen (secondary N) is 1. The van der Waals surface area contributed by atoms with Gasteiger partial charge in [0.25, 0.3) is 0 Å². The summed E-state index contributed by atoms with van der Waals surface area (Å²) in [5, 5.41) is 3.45. The van der Waals surface area contributed by atoms with Gasteiger partial charge in [-0.05, 0) is 29.8 Å². The Bertz CT molecular complexity index is 562. The molecule has 2 aromatic rings. The first-order valence-electron chi connectivity index (χ1n) is 4.46. The van der Waals surface area contributed by atoms with Crippen LogP contribution in [-0.2, 0) is 0 Å². The highest BCUT2D eigenvalue weighted by Gasteiger charge is 2.07. The third-order valence-corrected chi connectivity index (χ3v) is 2.82. The maximum absolute atomic E-state index is 13.3. The molecule has 7 heteroatoms. The van der Waals surface area contributed by atoms with Crippen LogP contribution >= 0.6 is 34.8 Å². The standard InChI is InChI=1S/C10H5Cl3FN3/c11-6-2-1-5(3-7(6)12)16-9-8(14)4-15-10(13)17-9/h1-4H,(H,15,16,17). The monoisotopic (exact) mass is 291 g/mol. The molecule has 0 saturated carbocycles. The average Bonchev–Trinajstić information content (AvgIpc) is 2.29. The van der Waals surface area contributed by atoms with Crippen molar-refractivity contribution >= 4 is 46.3 Å². The zero-order chi connectivity index (χ0) is 12.4. The molecule has 0 radical (unpaired) electrons. The van der Waals surface area contributed by atoms with Crippen LogP contribution in [0.2, 0.25) is 15.3 Å². The molecule has 0 spiro atoms. The lowest BCUT2D eigenvalue weighted by atomic mass is 10.3. The molecule has 1 aromatic heterocycles. The fourth-order valence-electron chi connectivity index (χ4n) is 1.14. The average molecular weight is 293 g/mol. The van der Waals surface area contributed by atoms with Gasteiger partial charge in [-0.25, -0.2) is 9.37 Å². The van der Waals surface area contributed by atoms with E-state index in [1.54, 1.807) is 18.2 Å². The number of hydrogen-bond acceptors (Lipinski definition) is 3. The molecule has 0 amide bonds. The summed E-state index contributed by atoms with van der Waals surface area (Å²) in [6.07, 6.45) is 0.981. The van der Waals surface area contributed by atoms with Crippen LogP contribution in [0.3, 0.4) is 0 Å². The predicted octanol–water partition coefficient (Wildman–Crippen LogP) is 4.32. The summed E-state index contributed by atoms with van der Waals surface area (Å²) >= 11 is 17.1. The van der Waals surface area contributed by atoms with Crippen molar-refractivity contribution in [2.75, 3.05) is 5.32 Å². The summed E-state index contributed by atoms with van der Waals surface area (Å²) in [7, 11) is 0. The van der Waals surface area contributed by atoms with Crippen LogP contribution in [0.25, 0.3) is 0 Å². The van der Waals surface area contributed by atoms with Crippen molar-refractivity contribution in [2.45, 2.75) is 0 Å². The highest BCUT2D eigenvalue weighted by Crippen LogP contribution is 2.27. The van der Waals surface area contributed by atoms with Crippen molar-refractivity contribution < 1.29 is 4.39 Å². The van der Waals surface area contributed by atoms with Crippen molar-refractivity contribution in [2.24, 2.45) is 0 Å². The van der Waals surface area contributed by atoms with Gasteiger partial charge in [-0.15, -0.1) is 0 Å². The molecule has 0 aliphatic heterocycles. The van der Waals surface area contributed by atoms with E-state index in [0.29, 0.717) is 15.7 Å². The Morgan fingerprint density at radius 1 is 1.12 bits per heavy atom. The molecule has 1 N–H and O–H groups in total. The van der Waals surface area contributed by atoms with E-state index in [-0.39, 0.29) is 11.1 Å². The fraction of sp³-hybridized carbons (Fsp3) is 0. The van der Waals surface area contributed by atoms with Gasteiger partial charge in [0.15, 0.2) is 11.6 Å². The Labute approximate surface area is 112 Å². The first-order valence-corrected chi connectivity index (χ1v) is 5.60. The first-order chi connectivity index (χ1) is 8.06. The lowest BCUT2D eigenvalue weighted by Crippen LogP contribution is -1.98. The third kappa shape index (κ3) is 2.97. The third-order valence-electron chi connectivity index (χ3n) is 1.90. The molecule has 17 heavy (non-hydrogen) atoms. The van der Waals surface area contributed by atoms with Crippen molar-refractivity contribution in [1.29, 1.82) is 0 Å². The van der Waals surface area contributed by atoms with Crippen molar-refractivity contribution in [1.82, 2.24) is 9.97 Å². The minimum atomic E-state index is -0.611. The second-order valence-corrected chi connectivity index (χ2v) is 4.24. The number of hydrogen-bond donors (Lipinski definition) is 1. The largest absolute Gasteiger partial charge is 0.338 e. The van der Waals surface area contributed by atoms with Gasteiger partial charge < -0.3 is 5.32 Å². The zero-order valence-corrected chi connectivity index (χ0v) is 10.5. The van der Waals surface area contributed by atoms with Gasteiger partial charge in [-0.1, -0.05) is 23.2 Å². The quantitative estimate of drug-likeness (QED) is 0.838. The number of anilines is 2. The lowest BCUT2D eigenvalue weighted by Gasteiger charge is -2.07. The normalized spacial score (nSPS) is 10.4. The van der Waals surface area contributed by atoms with E-state index >= 15 is 0 Å². The minimum absolute atomic E-state index is 0.0246. The lowest BCUT2D eigenvalue weighted by molar-refractivity contribution is 0.619. The molecule has 0 unspecified atom stereocenters. The minimum Gasteiger partial charge on any atom is -0.338 e. The van der Waals surface area contributed by atoms with Gasteiger partial charge in [0.2, 0.25) is 5.28 Å². The second-order valence-electron chi connectivity index (χ2n) is 3.09. The summed E-state index contributed by atoms with van der Waals surface area (Å²) in [6.45, 7) is 0. The van der Waals surface area contributed by atoms with Gasteiger partial charge in [0.05, 0.1) is 16.2 Å². The highest BCUT2D eigenvalue weighted by atomic mass is 35.5. The van der Waals surface area contributed by atoms with Gasteiger partial charge >= 0.3 is 0 Å². The zero-order valence-electron chi connectivity index (χ0n) is 8.22. The Hall–Kier alpha value is -1.10. The summed E-state index contributed by atoms with van der Waals surface area (Å²) < 4.78 is 13.3. The molecule has 2 rings (SSSR count). The van der Waals surface area contributed by atoms with E-state index in [0.717, 1.165) is 6.20 Å². The Morgan fingerprint density at radius 3 is 2.59 bits per heavy atom. The Balaban J connectivity index is 2.31. The van der Waals surface area contributed by atoms with Crippen molar-refractivity contribution in [3.05, 3.63) is 45.5 Å². The number of nitrogens with zero attached hydrogens (tertiary/aromatic N) is 2. The summed E-state index contributed by atoms with van der Waals surface area (Å²) in [5.41, 5.74) is 0.549. The van der Waals surface area contributed by atoms with Crippen molar-refractivity contribution in [3.63, 3.8) is 0 Å². The van der Waals surface area contributed by atoms with Gasteiger partial charge in [0.1, 0.15) is 0 Å². The molecule has 0 aliphatic carbocycles. The molecule has 3 nitrogen and oxygen atoms in total. The van der Waals surface area contributed by atoms with Crippen LogP contribution in [-0.4, -0.2) is 9.97 Å². The van der Waals surface area contributed by atoms with E-state index in [4.69, 9.17) is 34.8 Å². The van der Waals surface area contributed by atoms with Gasteiger partial charge in [-0.2, -0.15) is 4.98 Å². The van der Waals surface area contributed by atoms with E-state index < -0.39 is 5.82 Å². The van der Waals surface area contributed by atoms with Crippen LogP contribution in [0.5, 0.6) is 0 Å². The van der Waals surface area contributed by atoms with Crippen LogP contribution < -0.4 is 5.32 Å². The van der Waals surface area contributed by atoms with Gasteiger partial charge in [0, 0.05) is 5.69 Å². The Kier molecular flexibility index (Phi) is 3.66. The maximum Gasteiger partial charge on any atom is 0.224 e. The van der Waals surface area contributed by atoms with Crippen LogP contribution in [0.1, 0.15) is 0 Å². The highest BCUT2D eigenvalue weighted by molar-refractivity contribution is 6.42. The molecule has 0 aliphatic rings. The molecule has 88 valence electrons. The molecule has 0 fully saturated rings. The first kappa shape index (κ1) is 12.4. The van der Waals surface area contributed by atoms with E-state index in [1.165, 1.54) is 0 Å². The molecule has 0 saturated heterocycles. The SMILES string of the molecule is Fc1cnc(Cl)nc1Nc1ccc(Cl)c(Cl)c1. The molecular formula is C10H5Cl3FN3. The summed E-state index contributed by atoms with van der Waals surface area (Å²) in [6, 6.07) is 4.79. The molecule has 1 aromatic carbocycles. The maximum atomic E-state index is 13.3. The molecule has 1 heterocycles. The van der Waals surface area contributed by atoms with Crippen LogP contribution in [0, 0.1) is 5.82 Å². The fourth-order valence-corrected chi connectivity index (χ4v) is 1.58. The summed E-state index contributed by atoms with van der Waals surface area (Å²) in [4.78, 5) is 7.22. The van der Waals surface area contributed by atoms with E-state index in [9.17, 15) is 4.39 Å².